The topological polar surface area (TPSA) is 43.6 Å². The number of hydrogen-bond acceptors (Lipinski definition) is 5. The van der Waals surface area contributed by atoms with Crippen molar-refractivity contribution in [2.24, 2.45) is 7.05 Å². The Labute approximate surface area is 156 Å². The number of benzene rings is 1. The normalized spacial score (nSPS) is 11.3. The van der Waals surface area contributed by atoms with Crippen LogP contribution in [0.3, 0.4) is 0 Å². The first-order chi connectivity index (χ1) is 11.7. The van der Waals surface area contributed by atoms with E-state index in [1.54, 1.807) is 29.4 Å². The average Bonchev–Trinajstić information content (AvgIpc) is 3.17. The van der Waals surface area contributed by atoms with Crippen LogP contribution in [0.2, 0.25) is 0 Å². The Kier molecular flexibility index (Phi) is 4.15. The smallest absolute Gasteiger partial charge is 0.128 e. The lowest BCUT2D eigenvalue weighted by molar-refractivity contribution is 0.923. The SMILES string of the molecule is CSc1ncnc2sc(-c3c(-c4cccc(Br)c4)ncn3C)cc12. The van der Waals surface area contributed by atoms with Gasteiger partial charge < -0.3 is 4.57 Å². The fourth-order valence-electron chi connectivity index (χ4n) is 2.68. The van der Waals surface area contributed by atoms with Gasteiger partial charge in [0.05, 0.1) is 22.6 Å². The Morgan fingerprint density at radius 3 is 2.83 bits per heavy atom. The molecule has 0 aliphatic rings. The van der Waals surface area contributed by atoms with E-state index in [1.807, 2.05) is 31.8 Å². The van der Waals surface area contributed by atoms with Gasteiger partial charge in [0.1, 0.15) is 16.2 Å². The van der Waals surface area contributed by atoms with Crippen LogP contribution < -0.4 is 0 Å². The van der Waals surface area contributed by atoms with Crippen LogP contribution in [0, 0.1) is 0 Å². The van der Waals surface area contributed by atoms with Crippen molar-refractivity contribution in [2.45, 2.75) is 5.03 Å². The summed E-state index contributed by atoms with van der Waals surface area (Å²) in [4.78, 5) is 15.6. The highest BCUT2D eigenvalue weighted by atomic mass is 79.9. The summed E-state index contributed by atoms with van der Waals surface area (Å²) in [5, 5.41) is 2.11. The highest BCUT2D eigenvalue weighted by molar-refractivity contribution is 9.10. The van der Waals surface area contributed by atoms with E-state index < -0.39 is 0 Å². The van der Waals surface area contributed by atoms with Crippen molar-refractivity contribution in [1.82, 2.24) is 19.5 Å². The number of aromatic nitrogens is 4. The lowest BCUT2D eigenvalue weighted by atomic mass is 10.1. The molecule has 3 aromatic heterocycles. The molecule has 0 aliphatic heterocycles. The summed E-state index contributed by atoms with van der Waals surface area (Å²) >= 11 is 6.86. The van der Waals surface area contributed by atoms with Crippen LogP contribution in [-0.4, -0.2) is 25.8 Å². The quantitative estimate of drug-likeness (QED) is 0.338. The standard InChI is InChI=1S/C17H13BrN4S2/c1-22-9-21-14(10-4-3-5-11(18)6-10)15(22)13-7-12-16(23-2)19-8-20-17(12)24-13/h3-9H,1-2H3. The number of fused-ring (bicyclic) bond motifs is 1. The van der Waals surface area contributed by atoms with Crippen LogP contribution in [-0.2, 0) is 7.05 Å². The molecule has 0 N–H and O–H groups in total. The van der Waals surface area contributed by atoms with Crippen molar-refractivity contribution in [1.29, 1.82) is 0 Å². The molecule has 0 amide bonds. The zero-order chi connectivity index (χ0) is 16.7. The molecule has 3 heterocycles. The maximum absolute atomic E-state index is 4.62. The lowest BCUT2D eigenvalue weighted by Gasteiger charge is -2.04. The van der Waals surface area contributed by atoms with Gasteiger partial charge in [0, 0.05) is 22.5 Å². The highest BCUT2D eigenvalue weighted by Gasteiger charge is 2.17. The first-order valence-electron chi connectivity index (χ1n) is 7.23. The first kappa shape index (κ1) is 15.8. The van der Waals surface area contributed by atoms with Gasteiger partial charge in [0.2, 0.25) is 0 Å². The van der Waals surface area contributed by atoms with Gasteiger partial charge in [-0.2, -0.15) is 0 Å². The summed E-state index contributed by atoms with van der Waals surface area (Å²) in [6.45, 7) is 0. The van der Waals surface area contributed by atoms with Crippen molar-refractivity contribution >= 4 is 49.2 Å². The molecule has 120 valence electrons. The monoisotopic (exact) mass is 416 g/mol. The summed E-state index contributed by atoms with van der Waals surface area (Å²) in [6, 6.07) is 10.4. The van der Waals surface area contributed by atoms with E-state index in [-0.39, 0.29) is 0 Å². The molecule has 0 spiro atoms. The fourth-order valence-corrected chi connectivity index (χ4v) is 4.76. The Balaban J connectivity index is 1.93. The second-order valence-electron chi connectivity index (χ2n) is 5.28. The molecule has 0 aliphatic carbocycles. The highest BCUT2D eigenvalue weighted by Crippen LogP contribution is 2.39. The average molecular weight is 417 g/mol. The number of aryl methyl sites for hydroxylation is 1. The molecule has 0 fully saturated rings. The van der Waals surface area contributed by atoms with Crippen molar-refractivity contribution in [2.75, 3.05) is 6.26 Å². The first-order valence-corrected chi connectivity index (χ1v) is 10.1. The number of hydrogen-bond donors (Lipinski definition) is 0. The van der Waals surface area contributed by atoms with Crippen molar-refractivity contribution in [3.63, 3.8) is 0 Å². The molecule has 7 heteroatoms. The van der Waals surface area contributed by atoms with Gasteiger partial charge in [-0.15, -0.1) is 23.1 Å². The Morgan fingerprint density at radius 2 is 2.04 bits per heavy atom. The molecule has 0 bridgehead atoms. The molecule has 4 aromatic rings. The third-order valence-electron chi connectivity index (χ3n) is 3.75. The molecule has 0 radical (unpaired) electrons. The van der Waals surface area contributed by atoms with E-state index in [9.17, 15) is 0 Å². The maximum atomic E-state index is 4.62. The van der Waals surface area contributed by atoms with E-state index in [0.717, 1.165) is 41.5 Å². The Hall–Kier alpha value is -1.70. The largest absolute Gasteiger partial charge is 0.333 e. The minimum Gasteiger partial charge on any atom is -0.333 e. The molecule has 24 heavy (non-hydrogen) atoms. The number of imidazole rings is 1. The van der Waals surface area contributed by atoms with Crippen molar-refractivity contribution in [3.8, 4) is 21.8 Å². The van der Waals surface area contributed by atoms with Gasteiger partial charge in [-0.05, 0) is 24.5 Å². The fraction of sp³-hybridized carbons (Fsp3) is 0.118. The van der Waals surface area contributed by atoms with Crippen LogP contribution in [0.1, 0.15) is 0 Å². The summed E-state index contributed by atoms with van der Waals surface area (Å²) in [5.74, 6) is 0. The van der Waals surface area contributed by atoms with Gasteiger partial charge in [0.15, 0.2) is 0 Å². The van der Waals surface area contributed by atoms with Crippen molar-refractivity contribution in [3.05, 3.63) is 47.5 Å². The second-order valence-corrected chi connectivity index (χ2v) is 8.02. The number of halogens is 1. The molecule has 0 saturated carbocycles. The van der Waals surface area contributed by atoms with E-state index in [1.165, 1.54) is 0 Å². The molecule has 4 nitrogen and oxygen atoms in total. The number of rotatable bonds is 3. The van der Waals surface area contributed by atoms with E-state index in [0.29, 0.717) is 0 Å². The molecule has 4 rings (SSSR count). The van der Waals surface area contributed by atoms with Crippen LogP contribution in [0.5, 0.6) is 0 Å². The minimum absolute atomic E-state index is 0.976. The van der Waals surface area contributed by atoms with Crippen LogP contribution in [0.4, 0.5) is 0 Å². The van der Waals surface area contributed by atoms with E-state index >= 15 is 0 Å². The van der Waals surface area contributed by atoms with Crippen LogP contribution in [0.25, 0.3) is 32.0 Å². The molecular weight excluding hydrogens is 404 g/mol. The summed E-state index contributed by atoms with van der Waals surface area (Å²) in [7, 11) is 2.02. The number of thiophene rings is 1. The second kappa shape index (κ2) is 6.31. The van der Waals surface area contributed by atoms with Gasteiger partial charge in [-0.3, -0.25) is 0 Å². The number of thioether (sulfide) groups is 1. The van der Waals surface area contributed by atoms with Crippen molar-refractivity contribution < 1.29 is 0 Å². The van der Waals surface area contributed by atoms with E-state index in [2.05, 4.69) is 53.6 Å². The molecule has 0 saturated heterocycles. The van der Waals surface area contributed by atoms with Gasteiger partial charge >= 0.3 is 0 Å². The van der Waals surface area contributed by atoms with Gasteiger partial charge in [-0.1, -0.05) is 28.1 Å². The minimum atomic E-state index is 0.976. The van der Waals surface area contributed by atoms with E-state index in [4.69, 9.17) is 0 Å². The summed E-state index contributed by atoms with van der Waals surface area (Å²) < 4.78 is 3.11. The Morgan fingerprint density at radius 1 is 1.17 bits per heavy atom. The molecular formula is C17H13BrN4S2. The summed E-state index contributed by atoms with van der Waals surface area (Å²) in [6.07, 6.45) is 5.53. The lowest BCUT2D eigenvalue weighted by Crippen LogP contribution is -1.89. The van der Waals surface area contributed by atoms with Gasteiger partial charge in [0.25, 0.3) is 0 Å². The predicted octanol–water partition coefficient (Wildman–Crippen LogP) is 5.24. The van der Waals surface area contributed by atoms with Gasteiger partial charge in [-0.25, -0.2) is 15.0 Å². The molecule has 0 unspecified atom stereocenters. The van der Waals surface area contributed by atoms with Crippen LogP contribution >= 0.6 is 39.0 Å². The maximum Gasteiger partial charge on any atom is 0.128 e. The summed E-state index contributed by atoms with van der Waals surface area (Å²) in [5.41, 5.74) is 3.17. The molecule has 0 atom stereocenters. The third kappa shape index (κ3) is 2.66. The zero-order valence-corrected chi connectivity index (χ0v) is 16.2. The third-order valence-corrected chi connectivity index (χ3v) is 6.01. The van der Waals surface area contributed by atoms with Crippen LogP contribution in [0.15, 0.2) is 52.5 Å². The molecule has 1 aromatic carbocycles. The number of nitrogens with zero attached hydrogens (tertiary/aromatic N) is 4. The Bertz CT molecular complexity index is 1040. The predicted molar refractivity (Wildman–Crippen MR) is 105 cm³/mol. The zero-order valence-electron chi connectivity index (χ0n) is 13.0.